The number of aromatic nitrogens is 2. The van der Waals surface area contributed by atoms with Gasteiger partial charge in [0.1, 0.15) is 0 Å². The van der Waals surface area contributed by atoms with E-state index < -0.39 is 0 Å². The van der Waals surface area contributed by atoms with Crippen molar-refractivity contribution in [2.75, 3.05) is 0 Å². The van der Waals surface area contributed by atoms with Crippen LogP contribution >= 0.6 is 0 Å². The molecule has 0 unspecified atom stereocenters. The maximum absolute atomic E-state index is 11.5. The normalized spacial score (nSPS) is 18.3. The fourth-order valence-corrected chi connectivity index (χ4v) is 2.12. The van der Waals surface area contributed by atoms with Crippen LogP contribution in [0.4, 0.5) is 0 Å². The Morgan fingerprint density at radius 1 is 1.21 bits per heavy atom. The van der Waals surface area contributed by atoms with Crippen LogP contribution in [0.2, 0.25) is 0 Å². The summed E-state index contributed by atoms with van der Waals surface area (Å²) in [6, 6.07) is 1.52. The standard InChI is InChI=1S/C10H14N2O2/c13-9-6-7-11-10(14)12(9)8-4-2-1-3-5-8/h6-8H,1-5H2,(H,11,14). The summed E-state index contributed by atoms with van der Waals surface area (Å²) in [6.07, 6.45) is 6.76. The van der Waals surface area contributed by atoms with Crippen molar-refractivity contribution in [1.29, 1.82) is 0 Å². The van der Waals surface area contributed by atoms with Crippen LogP contribution in [0.15, 0.2) is 21.9 Å². The number of nitrogens with one attached hydrogen (secondary N) is 1. The van der Waals surface area contributed by atoms with Gasteiger partial charge < -0.3 is 4.98 Å². The van der Waals surface area contributed by atoms with E-state index in [1.807, 2.05) is 0 Å². The summed E-state index contributed by atoms with van der Waals surface area (Å²) in [4.78, 5) is 25.5. The quantitative estimate of drug-likeness (QED) is 0.726. The van der Waals surface area contributed by atoms with Crippen LogP contribution in [0.3, 0.4) is 0 Å². The van der Waals surface area contributed by atoms with Crippen LogP contribution in [0.25, 0.3) is 0 Å². The van der Waals surface area contributed by atoms with Crippen molar-refractivity contribution in [2.24, 2.45) is 0 Å². The van der Waals surface area contributed by atoms with Gasteiger partial charge in [0.15, 0.2) is 0 Å². The summed E-state index contributed by atoms with van der Waals surface area (Å²) in [5.41, 5.74) is -0.454. The Morgan fingerprint density at radius 3 is 2.57 bits per heavy atom. The lowest BCUT2D eigenvalue weighted by atomic mass is 9.95. The topological polar surface area (TPSA) is 54.9 Å². The van der Waals surface area contributed by atoms with E-state index in [2.05, 4.69) is 4.98 Å². The van der Waals surface area contributed by atoms with E-state index in [9.17, 15) is 9.59 Å². The lowest BCUT2D eigenvalue weighted by Crippen LogP contribution is -2.37. The minimum atomic E-state index is -0.274. The van der Waals surface area contributed by atoms with E-state index in [0.29, 0.717) is 0 Å². The van der Waals surface area contributed by atoms with Gasteiger partial charge in [-0.05, 0) is 12.8 Å². The molecule has 0 aromatic carbocycles. The van der Waals surface area contributed by atoms with Gasteiger partial charge in [0.2, 0.25) is 0 Å². The van der Waals surface area contributed by atoms with Gasteiger partial charge >= 0.3 is 5.69 Å². The average molecular weight is 194 g/mol. The largest absolute Gasteiger partial charge is 0.328 e. The number of H-pyrrole nitrogens is 1. The van der Waals surface area contributed by atoms with E-state index >= 15 is 0 Å². The predicted molar refractivity (Wildman–Crippen MR) is 53.4 cm³/mol. The molecule has 1 aromatic rings. The molecule has 0 spiro atoms. The van der Waals surface area contributed by atoms with E-state index in [1.165, 1.54) is 23.3 Å². The molecule has 1 aromatic heterocycles. The summed E-state index contributed by atoms with van der Waals surface area (Å²) >= 11 is 0. The fraction of sp³-hybridized carbons (Fsp3) is 0.600. The van der Waals surface area contributed by atoms with Gasteiger partial charge in [0.05, 0.1) is 0 Å². The Balaban J connectivity index is 2.39. The number of hydrogen-bond acceptors (Lipinski definition) is 2. The van der Waals surface area contributed by atoms with Crippen molar-refractivity contribution in [3.8, 4) is 0 Å². The Morgan fingerprint density at radius 2 is 1.93 bits per heavy atom. The number of hydrogen-bond donors (Lipinski definition) is 1. The van der Waals surface area contributed by atoms with E-state index in [4.69, 9.17) is 0 Å². The highest BCUT2D eigenvalue weighted by Crippen LogP contribution is 2.25. The van der Waals surface area contributed by atoms with E-state index in [-0.39, 0.29) is 17.3 Å². The molecule has 14 heavy (non-hydrogen) atoms. The van der Waals surface area contributed by atoms with Crippen LogP contribution < -0.4 is 11.2 Å². The number of nitrogens with zero attached hydrogens (tertiary/aromatic N) is 1. The smallest absolute Gasteiger partial charge is 0.314 e. The van der Waals surface area contributed by atoms with Gasteiger partial charge in [-0.2, -0.15) is 0 Å². The van der Waals surface area contributed by atoms with Crippen LogP contribution in [0, 0.1) is 0 Å². The maximum Gasteiger partial charge on any atom is 0.328 e. The minimum absolute atomic E-state index is 0.112. The molecule has 0 amide bonds. The molecule has 0 saturated heterocycles. The molecule has 1 saturated carbocycles. The van der Waals surface area contributed by atoms with E-state index in [0.717, 1.165) is 25.7 Å². The Kier molecular flexibility index (Phi) is 2.52. The van der Waals surface area contributed by atoms with Crippen molar-refractivity contribution in [2.45, 2.75) is 38.1 Å². The SMILES string of the molecule is O=c1cc[nH]c(=O)n1C1CCCCC1. The predicted octanol–water partition coefficient (Wildman–Crippen LogP) is 1.04. The second kappa shape index (κ2) is 3.82. The summed E-state index contributed by atoms with van der Waals surface area (Å²) in [5.74, 6) is 0. The first-order valence-corrected chi connectivity index (χ1v) is 5.09. The zero-order chi connectivity index (χ0) is 9.97. The van der Waals surface area contributed by atoms with Crippen molar-refractivity contribution < 1.29 is 0 Å². The van der Waals surface area contributed by atoms with Crippen LogP contribution in [-0.4, -0.2) is 9.55 Å². The van der Waals surface area contributed by atoms with Crippen molar-refractivity contribution in [3.63, 3.8) is 0 Å². The van der Waals surface area contributed by atoms with Gasteiger partial charge in [0, 0.05) is 18.3 Å². The second-order valence-electron chi connectivity index (χ2n) is 3.78. The second-order valence-corrected chi connectivity index (χ2v) is 3.78. The molecular formula is C10H14N2O2. The molecule has 1 heterocycles. The molecule has 1 N–H and O–H groups in total. The molecule has 0 radical (unpaired) electrons. The number of rotatable bonds is 1. The first kappa shape index (κ1) is 9.24. The van der Waals surface area contributed by atoms with Gasteiger partial charge in [-0.25, -0.2) is 4.79 Å². The number of aromatic amines is 1. The Bertz CT molecular complexity index is 384. The Labute approximate surface area is 81.6 Å². The summed E-state index contributed by atoms with van der Waals surface area (Å²) in [7, 11) is 0. The fourth-order valence-electron chi connectivity index (χ4n) is 2.12. The van der Waals surface area contributed by atoms with Crippen molar-refractivity contribution >= 4 is 0 Å². The monoisotopic (exact) mass is 194 g/mol. The molecule has 1 fully saturated rings. The van der Waals surface area contributed by atoms with Crippen LogP contribution in [0.1, 0.15) is 38.1 Å². The van der Waals surface area contributed by atoms with Crippen LogP contribution in [0.5, 0.6) is 0 Å². The molecule has 0 atom stereocenters. The molecule has 0 bridgehead atoms. The first-order valence-electron chi connectivity index (χ1n) is 5.09. The average Bonchev–Trinajstić information content (AvgIpc) is 2.19. The van der Waals surface area contributed by atoms with Crippen LogP contribution in [-0.2, 0) is 0 Å². The first-order chi connectivity index (χ1) is 6.79. The molecular weight excluding hydrogens is 180 g/mol. The third-order valence-corrected chi connectivity index (χ3v) is 2.83. The zero-order valence-corrected chi connectivity index (χ0v) is 8.03. The van der Waals surface area contributed by atoms with Gasteiger partial charge in [-0.3, -0.25) is 9.36 Å². The minimum Gasteiger partial charge on any atom is -0.314 e. The third kappa shape index (κ3) is 1.64. The summed E-state index contributed by atoms with van der Waals surface area (Å²) in [5, 5.41) is 0. The molecule has 1 aliphatic carbocycles. The Hall–Kier alpha value is -1.32. The molecule has 2 rings (SSSR count). The maximum atomic E-state index is 11.5. The highest BCUT2D eigenvalue weighted by molar-refractivity contribution is 4.87. The highest BCUT2D eigenvalue weighted by atomic mass is 16.2. The molecule has 0 aliphatic heterocycles. The lowest BCUT2D eigenvalue weighted by Gasteiger charge is -2.22. The van der Waals surface area contributed by atoms with Gasteiger partial charge in [0.25, 0.3) is 5.56 Å². The molecule has 1 aliphatic rings. The van der Waals surface area contributed by atoms with Gasteiger partial charge in [-0.15, -0.1) is 0 Å². The third-order valence-electron chi connectivity index (χ3n) is 2.83. The summed E-state index contributed by atoms with van der Waals surface area (Å²) in [6.45, 7) is 0. The van der Waals surface area contributed by atoms with Crippen molar-refractivity contribution in [3.05, 3.63) is 33.1 Å². The highest BCUT2D eigenvalue weighted by Gasteiger charge is 2.17. The summed E-state index contributed by atoms with van der Waals surface area (Å²) < 4.78 is 1.36. The van der Waals surface area contributed by atoms with Gasteiger partial charge in [-0.1, -0.05) is 19.3 Å². The molecule has 76 valence electrons. The zero-order valence-electron chi connectivity index (χ0n) is 8.03. The lowest BCUT2D eigenvalue weighted by molar-refractivity contribution is 0.336. The van der Waals surface area contributed by atoms with E-state index in [1.54, 1.807) is 0 Å². The molecule has 4 heteroatoms. The molecule has 4 nitrogen and oxygen atoms in total. The van der Waals surface area contributed by atoms with Crippen molar-refractivity contribution in [1.82, 2.24) is 9.55 Å².